The van der Waals surface area contributed by atoms with E-state index in [9.17, 15) is 9.59 Å². The van der Waals surface area contributed by atoms with E-state index >= 15 is 0 Å². The second kappa shape index (κ2) is 8.47. The number of hydrogen-bond acceptors (Lipinski definition) is 5. The fourth-order valence-electron chi connectivity index (χ4n) is 2.68. The highest BCUT2D eigenvalue weighted by Crippen LogP contribution is 2.43. The van der Waals surface area contributed by atoms with Crippen LogP contribution in [-0.2, 0) is 13.7 Å². The van der Waals surface area contributed by atoms with Crippen LogP contribution in [0.15, 0.2) is 15.8 Å². The minimum Gasteiger partial charge on any atom is -0.411 e. The normalized spacial score (nSPS) is 25.0. The molecule has 0 aromatic carbocycles. The molecule has 1 aromatic rings. The standard InChI is InChI=1S/C17H30ClN2O5PSi/c1-11-9-20(16(22)19-15(11)21)14-8-12(13(24-14)10-23-26(5)18)25-27(6,7)17(2,3)4/h9,12-14H,8,10H2,1-7H3,(H,19,21,22)/t12-,13+,14+,26?/m0/s1. The van der Waals surface area contributed by atoms with Crippen LogP contribution in [0.1, 0.15) is 39.0 Å². The van der Waals surface area contributed by atoms with Crippen LogP contribution in [0.3, 0.4) is 0 Å². The Balaban J connectivity index is 2.28. The Kier molecular flexibility index (Phi) is 7.15. The molecule has 0 radical (unpaired) electrons. The molecule has 0 spiro atoms. The van der Waals surface area contributed by atoms with Gasteiger partial charge in [0.1, 0.15) is 19.8 Å². The number of ether oxygens (including phenoxy) is 1. The van der Waals surface area contributed by atoms with E-state index in [4.69, 9.17) is 24.9 Å². The summed E-state index contributed by atoms with van der Waals surface area (Å²) in [6.07, 6.45) is 0.992. The van der Waals surface area contributed by atoms with E-state index < -0.39 is 27.7 Å². The number of nitrogens with one attached hydrogen (secondary N) is 1. The highest BCUT2D eigenvalue weighted by Gasteiger charge is 2.45. The van der Waals surface area contributed by atoms with E-state index in [1.165, 1.54) is 10.8 Å². The van der Waals surface area contributed by atoms with Gasteiger partial charge in [0.05, 0.1) is 12.7 Å². The van der Waals surface area contributed by atoms with Crippen LogP contribution in [0.25, 0.3) is 0 Å². The summed E-state index contributed by atoms with van der Waals surface area (Å²) in [6.45, 7) is 14.7. The van der Waals surface area contributed by atoms with Crippen LogP contribution in [0, 0.1) is 6.92 Å². The van der Waals surface area contributed by atoms with Gasteiger partial charge >= 0.3 is 5.69 Å². The van der Waals surface area contributed by atoms with Crippen LogP contribution in [0.5, 0.6) is 0 Å². The van der Waals surface area contributed by atoms with Gasteiger partial charge in [-0.2, -0.15) is 0 Å². The Labute approximate surface area is 167 Å². The van der Waals surface area contributed by atoms with Crippen LogP contribution in [0.2, 0.25) is 18.1 Å². The van der Waals surface area contributed by atoms with Crippen LogP contribution in [0.4, 0.5) is 0 Å². The minimum atomic E-state index is -2.04. The van der Waals surface area contributed by atoms with Crippen molar-refractivity contribution in [2.45, 2.75) is 70.7 Å². The third-order valence-electron chi connectivity index (χ3n) is 5.31. The Morgan fingerprint density at radius 1 is 1.41 bits per heavy atom. The van der Waals surface area contributed by atoms with E-state index in [0.717, 1.165) is 0 Å². The Morgan fingerprint density at radius 2 is 2.04 bits per heavy atom. The second-order valence-corrected chi connectivity index (χ2v) is 15.8. The van der Waals surface area contributed by atoms with Gasteiger partial charge in [0, 0.05) is 18.2 Å². The molecule has 10 heteroatoms. The summed E-state index contributed by atoms with van der Waals surface area (Å²) in [4.78, 5) is 26.2. The molecule has 0 bridgehead atoms. The van der Waals surface area contributed by atoms with Crippen molar-refractivity contribution in [3.63, 3.8) is 0 Å². The van der Waals surface area contributed by atoms with Crippen molar-refractivity contribution in [2.75, 3.05) is 13.3 Å². The molecule has 1 unspecified atom stereocenters. The van der Waals surface area contributed by atoms with Gasteiger partial charge in [0.25, 0.3) is 5.56 Å². The lowest BCUT2D eigenvalue weighted by molar-refractivity contribution is -0.0369. The number of aromatic nitrogens is 2. The van der Waals surface area contributed by atoms with Gasteiger partial charge < -0.3 is 13.7 Å². The van der Waals surface area contributed by atoms with Crippen molar-refractivity contribution in [1.82, 2.24) is 9.55 Å². The number of rotatable bonds is 6. The van der Waals surface area contributed by atoms with Gasteiger partial charge in [-0.05, 0) is 31.7 Å². The summed E-state index contributed by atoms with van der Waals surface area (Å²) in [7, 11) is -3.08. The molecule has 0 aliphatic carbocycles. The lowest BCUT2D eigenvalue weighted by atomic mass is 10.2. The average molecular weight is 437 g/mol. The van der Waals surface area contributed by atoms with Crippen molar-refractivity contribution in [1.29, 1.82) is 0 Å². The van der Waals surface area contributed by atoms with Gasteiger partial charge in [0.15, 0.2) is 8.32 Å². The maximum Gasteiger partial charge on any atom is 0.330 e. The molecule has 7 nitrogen and oxygen atoms in total. The number of aryl methyl sites for hydroxylation is 1. The summed E-state index contributed by atoms with van der Waals surface area (Å²) in [5, 5.41) is 0.0474. The lowest BCUT2D eigenvalue weighted by Crippen LogP contribution is -2.46. The Bertz CT molecular complexity index is 774. The average Bonchev–Trinajstić information content (AvgIpc) is 2.89. The first-order valence-electron chi connectivity index (χ1n) is 8.99. The van der Waals surface area contributed by atoms with Crippen molar-refractivity contribution in [2.24, 2.45) is 0 Å². The lowest BCUT2D eigenvalue weighted by Gasteiger charge is -2.39. The Morgan fingerprint density at radius 3 is 2.59 bits per heavy atom. The zero-order chi connectivity index (χ0) is 20.6. The molecule has 154 valence electrons. The van der Waals surface area contributed by atoms with Crippen molar-refractivity contribution in [3.8, 4) is 0 Å². The molecule has 2 heterocycles. The molecule has 4 atom stereocenters. The largest absolute Gasteiger partial charge is 0.411 e. The summed E-state index contributed by atoms with van der Waals surface area (Å²) in [6, 6.07) is 0. The van der Waals surface area contributed by atoms with E-state index in [0.29, 0.717) is 18.6 Å². The fraction of sp³-hybridized carbons (Fsp3) is 0.765. The third-order valence-corrected chi connectivity index (χ3v) is 10.6. The fourth-order valence-corrected chi connectivity index (χ4v) is 4.56. The summed E-state index contributed by atoms with van der Waals surface area (Å²) in [5.74, 6) is 0. The zero-order valence-electron chi connectivity index (χ0n) is 17.0. The first kappa shape index (κ1) is 22.8. The molecule has 0 saturated carbocycles. The van der Waals surface area contributed by atoms with Crippen LogP contribution in [-0.4, -0.2) is 43.3 Å². The van der Waals surface area contributed by atoms with E-state index in [1.807, 2.05) is 6.66 Å². The van der Waals surface area contributed by atoms with E-state index in [-0.39, 0.29) is 22.8 Å². The number of hydrogen-bond donors (Lipinski definition) is 1. The van der Waals surface area contributed by atoms with E-state index in [1.54, 1.807) is 6.92 Å². The molecule has 1 saturated heterocycles. The van der Waals surface area contributed by atoms with Crippen molar-refractivity contribution in [3.05, 3.63) is 32.6 Å². The number of halogens is 1. The van der Waals surface area contributed by atoms with E-state index in [2.05, 4.69) is 38.8 Å². The maximum absolute atomic E-state index is 12.2. The zero-order valence-corrected chi connectivity index (χ0v) is 19.7. The monoisotopic (exact) mass is 436 g/mol. The van der Waals surface area contributed by atoms with Crippen molar-refractivity contribution >= 4 is 27.1 Å². The molecule has 0 amide bonds. The summed E-state index contributed by atoms with van der Waals surface area (Å²) < 4.78 is 19.7. The molecule has 1 aliphatic rings. The highest BCUT2D eigenvalue weighted by atomic mass is 35.7. The molecule has 2 rings (SSSR count). The van der Waals surface area contributed by atoms with Gasteiger partial charge in [-0.1, -0.05) is 32.0 Å². The van der Waals surface area contributed by atoms with Gasteiger partial charge in [0.2, 0.25) is 0 Å². The minimum absolute atomic E-state index is 0.0474. The third kappa shape index (κ3) is 5.52. The first-order chi connectivity index (χ1) is 12.3. The number of aromatic amines is 1. The highest BCUT2D eigenvalue weighted by molar-refractivity contribution is 7.79. The summed E-state index contributed by atoms with van der Waals surface area (Å²) >= 11 is 5.99. The molecule has 1 aliphatic heterocycles. The molecule has 1 N–H and O–H groups in total. The predicted molar refractivity (Wildman–Crippen MR) is 111 cm³/mol. The van der Waals surface area contributed by atoms with Crippen LogP contribution >= 0.6 is 18.7 Å². The second-order valence-electron chi connectivity index (χ2n) is 8.48. The molecular formula is C17H30ClN2O5PSi. The molecule has 27 heavy (non-hydrogen) atoms. The van der Waals surface area contributed by atoms with Crippen molar-refractivity contribution < 1.29 is 13.7 Å². The Hall–Kier alpha value is -0.503. The maximum atomic E-state index is 12.2. The summed E-state index contributed by atoms with van der Waals surface area (Å²) in [5.41, 5.74) is -0.419. The smallest absolute Gasteiger partial charge is 0.330 e. The van der Waals surface area contributed by atoms with Gasteiger partial charge in [-0.15, -0.1) is 0 Å². The molecule has 1 aromatic heterocycles. The first-order valence-corrected chi connectivity index (χ1v) is 14.5. The van der Waals surface area contributed by atoms with Crippen LogP contribution < -0.4 is 11.2 Å². The number of H-pyrrole nitrogens is 1. The molecule has 1 fully saturated rings. The SMILES string of the molecule is Cc1cn([C@H]2C[C@H](O[Si](C)(C)C(C)(C)C)[C@@H](COP(C)Cl)O2)c(=O)[nH]c1=O. The topological polar surface area (TPSA) is 82.6 Å². The predicted octanol–water partition coefficient (Wildman–Crippen LogP) is 3.72. The molecular weight excluding hydrogens is 407 g/mol. The van der Waals surface area contributed by atoms with Gasteiger partial charge in [-0.3, -0.25) is 14.3 Å². The quantitative estimate of drug-likeness (QED) is 0.542. The van der Waals surface area contributed by atoms with Gasteiger partial charge in [-0.25, -0.2) is 4.79 Å². The number of nitrogens with zero attached hydrogens (tertiary/aromatic N) is 1.